The van der Waals surface area contributed by atoms with Crippen molar-refractivity contribution in [2.75, 3.05) is 32.5 Å². The van der Waals surface area contributed by atoms with E-state index in [-0.39, 0.29) is 6.10 Å². The summed E-state index contributed by atoms with van der Waals surface area (Å²) in [6.45, 7) is 2.18. The average molecular weight is 222 g/mol. The molecule has 1 aromatic heterocycles. The van der Waals surface area contributed by atoms with Crippen molar-refractivity contribution >= 4 is 5.95 Å². The Balaban J connectivity index is 1.93. The average Bonchev–Trinajstić information content (AvgIpc) is 2.32. The molecule has 2 rings (SSSR count). The standard InChI is InChI=1S/C11H18N4O/c1-12-11-13-6-3-10(14-11)16-9-4-7-15(2)8-5-9/h3,6,9H,4-5,7-8H2,1-2H3,(H,12,13,14). The van der Waals surface area contributed by atoms with Crippen molar-refractivity contribution in [1.29, 1.82) is 0 Å². The molecule has 0 saturated carbocycles. The van der Waals surface area contributed by atoms with Gasteiger partial charge in [-0.15, -0.1) is 0 Å². The van der Waals surface area contributed by atoms with E-state index in [0.29, 0.717) is 11.8 Å². The van der Waals surface area contributed by atoms with Crippen LogP contribution >= 0.6 is 0 Å². The van der Waals surface area contributed by atoms with Crippen molar-refractivity contribution in [2.24, 2.45) is 0 Å². The molecule has 5 heteroatoms. The Bertz CT molecular complexity index is 337. The zero-order chi connectivity index (χ0) is 11.4. The fourth-order valence-electron chi connectivity index (χ4n) is 1.80. The minimum atomic E-state index is 0.288. The summed E-state index contributed by atoms with van der Waals surface area (Å²) in [5.74, 6) is 1.26. The molecule has 16 heavy (non-hydrogen) atoms. The number of hydrogen-bond donors (Lipinski definition) is 1. The van der Waals surface area contributed by atoms with E-state index in [9.17, 15) is 0 Å². The van der Waals surface area contributed by atoms with Crippen LogP contribution in [-0.4, -0.2) is 48.2 Å². The number of anilines is 1. The van der Waals surface area contributed by atoms with Crippen LogP contribution in [0.3, 0.4) is 0 Å². The molecule has 0 atom stereocenters. The van der Waals surface area contributed by atoms with Crippen LogP contribution in [0, 0.1) is 0 Å². The maximum atomic E-state index is 5.83. The number of hydrogen-bond acceptors (Lipinski definition) is 5. The van der Waals surface area contributed by atoms with E-state index in [0.717, 1.165) is 25.9 Å². The Morgan fingerprint density at radius 3 is 2.88 bits per heavy atom. The van der Waals surface area contributed by atoms with Gasteiger partial charge in [-0.25, -0.2) is 4.98 Å². The van der Waals surface area contributed by atoms with Crippen LogP contribution in [0.25, 0.3) is 0 Å². The number of rotatable bonds is 3. The second-order valence-corrected chi connectivity index (χ2v) is 4.09. The highest BCUT2D eigenvalue weighted by Gasteiger charge is 2.18. The Kier molecular flexibility index (Phi) is 3.56. The van der Waals surface area contributed by atoms with E-state index in [1.54, 1.807) is 19.3 Å². The molecule has 88 valence electrons. The quantitative estimate of drug-likeness (QED) is 0.826. The van der Waals surface area contributed by atoms with Gasteiger partial charge in [-0.2, -0.15) is 4.98 Å². The fraction of sp³-hybridized carbons (Fsp3) is 0.636. The SMILES string of the molecule is CNc1nccc(OC2CCN(C)CC2)n1. The van der Waals surface area contributed by atoms with Crippen molar-refractivity contribution in [3.63, 3.8) is 0 Å². The summed E-state index contributed by atoms with van der Waals surface area (Å²) in [6, 6.07) is 1.80. The van der Waals surface area contributed by atoms with Gasteiger partial charge in [0.1, 0.15) is 6.10 Å². The largest absolute Gasteiger partial charge is 0.474 e. The van der Waals surface area contributed by atoms with Crippen LogP contribution in [0.4, 0.5) is 5.95 Å². The van der Waals surface area contributed by atoms with Gasteiger partial charge in [0.15, 0.2) is 0 Å². The fourth-order valence-corrected chi connectivity index (χ4v) is 1.80. The van der Waals surface area contributed by atoms with Gasteiger partial charge in [0, 0.05) is 32.4 Å². The third kappa shape index (κ3) is 2.82. The van der Waals surface area contributed by atoms with Crippen LogP contribution in [0.2, 0.25) is 0 Å². The molecule has 1 aliphatic heterocycles. The van der Waals surface area contributed by atoms with Crippen molar-refractivity contribution < 1.29 is 4.74 Å². The van der Waals surface area contributed by atoms with Gasteiger partial charge >= 0.3 is 0 Å². The van der Waals surface area contributed by atoms with Crippen LogP contribution in [-0.2, 0) is 0 Å². The summed E-state index contributed by atoms with van der Waals surface area (Å²) in [4.78, 5) is 10.6. The molecular formula is C11H18N4O. The second kappa shape index (κ2) is 5.12. The number of aromatic nitrogens is 2. The molecule has 1 fully saturated rings. The normalized spacial score (nSPS) is 18.4. The van der Waals surface area contributed by atoms with Gasteiger partial charge in [-0.3, -0.25) is 0 Å². The maximum absolute atomic E-state index is 5.83. The topological polar surface area (TPSA) is 50.3 Å². The first-order valence-electron chi connectivity index (χ1n) is 5.64. The Morgan fingerprint density at radius 1 is 1.44 bits per heavy atom. The zero-order valence-electron chi connectivity index (χ0n) is 9.81. The monoisotopic (exact) mass is 222 g/mol. The summed E-state index contributed by atoms with van der Waals surface area (Å²) in [5.41, 5.74) is 0. The number of nitrogens with one attached hydrogen (secondary N) is 1. The molecule has 2 heterocycles. The van der Waals surface area contributed by atoms with Crippen molar-refractivity contribution in [1.82, 2.24) is 14.9 Å². The van der Waals surface area contributed by atoms with Crippen LogP contribution in [0.1, 0.15) is 12.8 Å². The molecule has 0 amide bonds. The highest BCUT2D eigenvalue weighted by molar-refractivity contribution is 5.26. The minimum Gasteiger partial charge on any atom is -0.474 e. The first-order chi connectivity index (χ1) is 7.78. The third-order valence-corrected chi connectivity index (χ3v) is 2.81. The number of piperidine rings is 1. The molecule has 5 nitrogen and oxygen atoms in total. The predicted molar refractivity (Wildman–Crippen MR) is 62.7 cm³/mol. The number of nitrogens with zero attached hydrogens (tertiary/aromatic N) is 3. The molecule has 0 bridgehead atoms. The van der Waals surface area contributed by atoms with Gasteiger partial charge in [-0.1, -0.05) is 0 Å². The summed E-state index contributed by atoms with van der Waals surface area (Å²) in [6.07, 6.45) is 4.13. The van der Waals surface area contributed by atoms with Crippen molar-refractivity contribution in [2.45, 2.75) is 18.9 Å². The summed E-state index contributed by atoms with van der Waals surface area (Å²) < 4.78 is 5.83. The minimum absolute atomic E-state index is 0.288. The molecular weight excluding hydrogens is 204 g/mol. The maximum Gasteiger partial charge on any atom is 0.225 e. The molecule has 1 aliphatic rings. The molecule has 1 N–H and O–H groups in total. The molecule has 0 spiro atoms. The lowest BCUT2D eigenvalue weighted by atomic mass is 10.1. The van der Waals surface area contributed by atoms with Crippen molar-refractivity contribution in [3.8, 4) is 5.88 Å². The molecule has 1 saturated heterocycles. The molecule has 0 unspecified atom stereocenters. The van der Waals surface area contributed by atoms with E-state index in [1.807, 2.05) is 0 Å². The molecule has 0 aromatic carbocycles. The van der Waals surface area contributed by atoms with E-state index in [2.05, 4.69) is 27.2 Å². The van der Waals surface area contributed by atoms with Crippen LogP contribution < -0.4 is 10.1 Å². The van der Waals surface area contributed by atoms with Gasteiger partial charge < -0.3 is 15.0 Å². The summed E-state index contributed by atoms with van der Waals surface area (Å²) in [5, 5.41) is 2.90. The van der Waals surface area contributed by atoms with E-state index < -0.39 is 0 Å². The first-order valence-corrected chi connectivity index (χ1v) is 5.64. The molecule has 1 aromatic rings. The Labute approximate surface area is 95.8 Å². The zero-order valence-corrected chi connectivity index (χ0v) is 9.81. The number of likely N-dealkylation sites (tertiary alicyclic amines) is 1. The first kappa shape index (κ1) is 11.1. The van der Waals surface area contributed by atoms with Gasteiger partial charge in [0.2, 0.25) is 11.8 Å². The lowest BCUT2D eigenvalue weighted by molar-refractivity contribution is 0.110. The summed E-state index contributed by atoms with van der Waals surface area (Å²) in [7, 11) is 3.94. The lowest BCUT2D eigenvalue weighted by Crippen LogP contribution is -2.35. The second-order valence-electron chi connectivity index (χ2n) is 4.09. The van der Waals surface area contributed by atoms with Gasteiger partial charge in [0.25, 0.3) is 0 Å². The highest BCUT2D eigenvalue weighted by atomic mass is 16.5. The van der Waals surface area contributed by atoms with E-state index in [1.165, 1.54) is 0 Å². The highest BCUT2D eigenvalue weighted by Crippen LogP contribution is 2.16. The summed E-state index contributed by atoms with van der Waals surface area (Å²) >= 11 is 0. The predicted octanol–water partition coefficient (Wildman–Crippen LogP) is 0.991. The van der Waals surface area contributed by atoms with E-state index in [4.69, 9.17) is 4.74 Å². The molecule has 0 aliphatic carbocycles. The van der Waals surface area contributed by atoms with E-state index >= 15 is 0 Å². The van der Waals surface area contributed by atoms with Crippen molar-refractivity contribution in [3.05, 3.63) is 12.3 Å². The Hall–Kier alpha value is -1.36. The number of ether oxygens (including phenoxy) is 1. The van der Waals surface area contributed by atoms with Gasteiger partial charge in [0.05, 0.1) is 0 Å². The van der Waals surface area contributed by atoms with Gasteiger partial charge in [-0.05, 0) is 19.9 Å². The smallest absolute Gasteiger partial charge is 0.225 e. The Morgan fingerprint density at radius 2 is 2.19 bits per heavy atom. The molecule has 0 radical (unpaired) electrons. The van der Waals surface area contributed by atoms with Crippen LogP contribution in [0.5, 0.6) is 5.88 Å². The van der Waals surface area contributed by atoms with Crippen LogP contribution in [0.15, 0.2) is 12.3 Å². The lowest BCUT2D eigenvalue weighted by Gasteiger charge is -2.28. The third-order valence-electron chi connectivity index (χ3n) is 2.81.